The van der Waals surface area contributed by atoms with Gasteiger partial charge in [0, 0.05) is 18.7 Å². The highest BCUT2D eigenvalue weighted by Gasteiger charge is 2.37. The van der Waals surface area contributed by atoms with Crippen molar-refractivity contribution in [3.8, 4) is 17.2 Å². The van der Waals surface area contributed by atoms with Gasteiger partial charge in [0.1, 0.15) is 22.8 Å². The zero-order valence-corrected chi connectivity index (χ0v) is 22.3. The molecular formula is C29H26F4N4O4. The molecule has 8 nitrogen and oxygen atoms in total. The fourth-order valence-corrected chi connectivity index (χ4v) is 3.67. The molecule has 41 heavy (non-hydrogen) atoms. The molecule has 3 aromatic carbocycles. The normalized spacial score (nSPS) is 11.6. The molecule has 0 radical (unpaired) electrons. The third kappa shape index (κ3) is 7.62. The number of anilines is 1. The predicted octanol–water partition coefficient (Wildman–Crippen LogP) is 7.24. The monoisotopic (exact) mass is 570 g/mol. The molecule has 0 spiro atoms. The number of para-hydroxylation sites is 1. The second-order valence-corrected chi connectivity index (χ2v) is 9.85. The van der Waals surface area contributed by atoms with Crippen LogP contribution in [0.4, 0.5) is 28.1 Å². The first-order valence-electron chi connectivity index (χ1n) is 12.4. The van der Waals surface area contributed by atoms with Gasteiger partial charge in [-0.05, 0) is 62.7 Å². The van der Waals surface area contributed by atoms with Gasteiger partial charge in [-0.25, -0.2) is 9.48 Å². The second kappa shape index (κ2) is 11.7. The summed E-state index contributed by atoms with van der Waals surface area (Å²) in [7, 11) is 0. The number of rotatable bonds is 7. The lowest BCUT2D eigenvalue weighted by Gasteiger charge is -2.19. The number of alkyl halides is 3. The van der Waals surface area contributed by atoms with Crippen LogP contribution in [-0.4, -0.2) is 27.4 Å². The summed E-state index contributed by atoms with van der Waals surface area (Å²) in [4.78, 5) is 25.2. The quantitative estimate of drug-likeness (QED) is 0.187. The number of aromatic nitrogens is 2. The number of alkyl carbamates (subject to hydrolysis) is 1. The van der Waals surface area contributed by atoms with Crippen molar-refractivity contribution in [2.45, 2.75) is 39.1 Å². The minimum Gasteiger partial charge on any atom is -0.457 e. The highest BCUT2D eigenvalue weighted by atomic mass is 19.4. The largest absolute Gasteiger partial charge is 0.457 e. The van der Waals surface area contributed by atoms with Crippen LogP contribution < -0.4 is 15.2 Å². The van der Waals surface area contributed by atoms with Crippen LogP contribution in [0.5, 0.6) is 11.5 Å². The third-order valence-electron chi connectivity index (χ3n) is 5.41. The summed E-state index contributed by atoms with van der Waals surface area (Å²) < 4.78 is 67.7. The molecule has 0 atom stereocenters. The van der Waals surface area contributed by atoms with Crippen LogP contribution in [0, 0.1) is 0 Å². The molecule has 0 unspecified atom stereocenters. The molecule has 0 saturated heterocycles. The van der Waals surface area contributed by atoms with Gasteiger partial charge in [0.05, 0.1) is 11.4 Å². The molecule has 1 heterocycles. The summed E-state index contributed by atoms with van der Waals surface area (Å²) >= 11 is 0. The van der Waals surface area contributed by atoms with Crippen molar-refractivity contribution in [3.63, 3.8) is 0 Å². The Balaban J connectivity index is 1.62. The lowest BCUT2D eigenvalue weighted by molar-refractivity contribution is -0.141. The summed E-state index contributed by atoms with van der Waals surface area (Å²) in [5.74, 6) is -0.712. The Morgan fingerprint density at radius 2 is 1.59 bits per heavy atom. The number of hydrogen-bond donors (Lipinski definition) is 1. The van der Waals surface area contributed by atoms with E-state index in [1.807, 2.05) is 0 Å². The lowest BCUT2D eigenvalue weighted by Crippen LogP contribution is -2.32. The Hall–Kier alpha value is -4.87. The number of ether oxygens (including phenoxy) is 2. The van der Waals surface area contributed by atoms with Crippen molar-refractivity contribution in [1.82, 2.24) is 15.1 Å². The van der Waals surface area contributed by atoms with Crippen molar-refractivity contribution >= 4 is 17.7 Å². The number of halogens is 4. The average molecular weight is 571 g/mol. The Bertz CT molecular complexity index is 1530. The van der Waals surface area contributed by atoms with Crippen LogP contribution in [0.2, 0.25) is 0 Å². The van der Waals surface area contributed by atoms with E-state index in [9.17, 15) is 22.8 Å². The maximum atomic E-state index is 15.4. The summed E-state index contributed by atoms with van der Waals surface area (Å²) in [6.07, 6.45) is -5.59. The first kappa shape index (κ1) is 29.1. The van der Waals surface area contributed by atoms with Crippen molar-refractivity contribution in [3.05, 3.63) is 102 Å². The lowest BCUT2D eigenvalue weighted by atomic mass is 10.2. The minimum absolute atomic E-state index is 0.0249. The van der Waals surface area contributed by atoms with E-state index in [4.69, 9.17) is 9.47 Å². The first-order valence-corrected chi connectivity index (χ1v) is 12.4. The number of hydrogen-bond acceptors (Lipinski definition) is 5. The van der Waals surface area contributed by atoms with Gasteiger partial charge in [0.15, 0.2) is 5.69 Å². The Morgan fingerprint density at radius 1 is 0.902 bits per heavy atom. The van der Waals surface area contributed by atoms with Gasteiger partial charge in [-0.1, -0.05) is 40.9 Å². The van der Waals surface area contributed by atoms with Crippen LogP contribution in [-0.2, 0) is 17.5 Å². The molecule has 4 rings (SSSR count). The molecule has 0 aliphatic heterocycles. The average Bonchev–Trinajstić information content (AvgIpc) is 3.38. The number of carbonyl (C=O) groups excluding carboxylic acids is 2. The first-order chi connectivity index (χ1) is 19.3. The standard InChI is InChI=1S/C29H26F4N4O4/c1-28(2,3)41-27(39)34-18-19-9-7-11-21(15-19)37-24(17-25(35-37)29(30,31)32)26(38)36(33)20-10-8-14-23(16-20)40-22-12-5-4-6-13-22/h4-17H,18H2,1-3H3,(H,34,39). The topological polar surface area (TPSA) is 85.7 Å². The number of nitrogens with zero attached hydrogens (tertiary/aromatic N) is 3. The van der Waals surface area contributed by atoms with E-state index in [-0.39, 0.29) is 28.8 Å². The van der Waals surface area contributed by atoms with Gasteiger partial charge in [0.25, 0.3) is 0 Å². The molecule has 2 amide bonds. The summed E-state index contributed by atoms with van der Waals surface area (Å²) in [5, 5.41) is 5.81. The molecule has 1 aromatic heterocycles. The van der Waals surface area contributed by atoms with E-state index in [2.05, 4.69) is 10.4 Å². The third-order valence-corrected chi connectivity index (χ3v) is 5.41. The maximum Gasteiger partial charge on any atom is 0.435 e. The molecule has 1 N–H and O–H groups in total. The van der Waals surface area contributed by atoms with Gasteiger partial charge in [-0.3, -0.25) is 4.79 Å². The number of carbonyl (C=O) groups is 2. The van der Waals surface area contributed by atoms with Crippen LogP contribution in [0.25, 0.3) is 5.69 Å². The van der Waals surface area contributed by atoms with Crippen molar-refractivity contribution < 1.29 is 36.7 Å². The molecular weight excluding hydrogens is 544 g/mol. The molecule has 0 saturated carbocycles. The molecule has 214 valence electrons. The fourth-order valence-electron chi connectivity index (χ4n) is 3.67. The van der Waals surface area contributed by atoms with E-state index in [0.717, 1.165) is 0 Å². The Morgan fingerprint density at radius 3 is 2.27 bits per heavy atom. The Labute approximate surface area is 233 Å². The minimum atomic E-state index is -4.90. The Kier molecular flexibility index (Phi) is 8.31. The van der Waals surface area contributed by atoms with Gasteiger partial charge >= 0.3 is 18.2 Å². The zero-order valence-electron chi connectivity index (χ0n) is 22.3. The van der Waals surface area contributed by atoms with Gasteiger partial charge in [-0.2, -0.15) is 18.3 Å². The zero-order chi connectivity index (χ0) is 29.8. The summed E-state index contributed by atoms with van der Waals surface area (Å²) in [5.41, 5.74) is -2.53. The van der Waals surface area contributed by atoms with Crippen LogP contribution in [0.15, 0.2) is 84.9 Å². The van der Waals surface area contributed by atoms with Gasteiger partial charge in [-0.15, -0.1) is 5.12 Å². The van der Waals surface area contributed by atoms with Crippen molar-refractivity contribution in [2.24, 2.45) is 0 Å². The van der Waals surface area contributed by atoms with E-state index in [1.54, 1.807) is 57.2 Å². The maximum absolute atomic E-state index is 15.4. The van der Waals surface area contributed by atoms with E-state index >= 15 is 4.48 Å². The van der Waals surface area contributed by atoms with E-state index in [0.29, 0.717) is 22.1 Å². The molecule has 4 aromatic rings. The highest BCUT2D eigenvalue weighted by molar-refractivity contribution is 6.04. The smallest absolute Gasteiger partial charge is 0.435 e. The summed E-state index contributed by atoms with van der Waals surface area (Å²) in [6.45, 7) is 5.07. The van der Waals surface area contributed by atoms with Crippen LogP contribution in [0.3, 0.4) is 0 Å². The van der Waals surface area contributed by atoms with E-state index < -0.39 is 35.2 Å². The van der Waals surface area contributed by atoms with Gasteiger partial charge < -0.3 is 14.8 Å². The van der Waals surface area contributed by atoms with Crippen molar-refractivity contribution in [1.29, 1.82) is 0 Å². The van der Waals surface area contributed by atoms with Crippen LogP contribution in [0.1, 0.15) is 42.5 Å². The SMILES string of the molecule is CC(C)(C)OC(=O)NCc1cccc(-n2nc(C(F)(F)F)cc2C(=O)N(F)c2cccc(Oc3ccccc3)c2)c1. The molecule has 12 heteroatoms. The van der Waals surface area contributed by atoms with E-state index in [1.165, 1.54) is 42.5 Å². The van der Waals surface area contributed by atoms with Crippen molar-refractivity contribution in [2.75, 3.05) is 5.12 Å². The molecule has 0 bridgehead atoms. The van der Waals surface area contributed by atoms with Gasteiger partial charge in [0.2, 0.25) is 0 Å². The highest BCUT2D eigenvalue weighted by Crippen LogP contribution is 2.32. The number of benzene rings is 3. The molecule has 0 fully saturated rings. The fraction of sp³-hybridized carbons (Fsp3) is 0.207. The number of amides is 2. The molecule has 0 aliphatic carbocycles. The van der Waals surface area contributed by atoms with Crippen LogP contribution >= 0.6 is 0 Å². The predicted molar refractivity (Wildman–Crippen MR) is 143 cm³/mol. The molecule has 0 aliphatic rings. The number of nitrogens with one attached hydrogen (secondary N) is 1. The second-order valence-electron chi connectivity index (χ2n) is 9.85. The summed E-state index contributed by atoms with van der Waals surface area (Å²) in [6, 6.07) is 20.5.